The van der Waals surface area contributed by atoms with Crippen LogP contribution in [0.3, 0.4) is 0 Å². The van der Waals surface area contributed by atoms with Crippen molar-refractivity contribution in [1.82, 2.24) is 9.80 Å². The molecule has 0 bridgehead atoms. The Morgan fingerprint density at radius 2 is 1.81 bits per heavy atom. The van der Waals surface area contributed by atoms with Crippen molar-refractivity contribution in [3.63, 3.8) is 0 Å². The molecule has 2 fully saturated rings. The van der Waals surface area contributed by atoms with Gasteiger partial charge in [-0.1, -0.05) is 13.3 Å². The van der Waals surface area contributed by atoms with Gasteiger partial charge < -0.3 is 9.80 Å². The number of hydrogen-bond donors (Lipinski definition) is 0. The molecule has 2 rings (SSSR count). The Kier molecular flexibility index (Phi) is 3.72. The zero-order valence-corrected chi connectivity index (χ0v) is 10.6. The minimum Gasteiger partial charge on any atom is -0.323 e. The molecule has 0 aromatic heterocycles. The van der Waals surface area contributed by atoms with Crippen molar-refractivity contribution in [3.05, 3.63) is 0 Å². The van der Waals surface area contributed by atoms with E-state index in [4.69, 9.17) is 0 Å². The van der Waals surface area contributed by atoms with Gasteiger partial charge in [0.25, 0.3) is 0 Å². The van der Waals surface area contributed by atoms with Crippen LogP contribution in [0, 0.1) is 5.92 Å². The fourth-order valence-corrected chi connectivity index (χ4v) is 3.10. The molecule has 0 unspecified atom stereocenters. The Hall–Kier alpha value is -0.730. The van der Waals surface area contributed by atoms with E-state index in [1.807, 2.05) is 4.90 Å². The van der Waals surface area contributed by atoms with E-state index >= 15 is 0 Å². The highest BCUT2D eigenvalue weighted by Gasteiger charge is 2.34. The van der Waals surface area contributed by atoms with Crippen LogP contribution in [0.5, 0.6) is 0 Å². The van der Waals surface area contributed by atoms with Crippen molar-refractivity contribution in [2.45, 2.75) is 52.0 Å². The number of likely N-dealkylation sites (N-methyl/N-ethyl adjacent to an activating group) is 1. The van der Waals surface area contributed by atoms with E-state index in [-0.39, 0.29) is 6.03 Å². The highest BCUT2D eigenvalue weighted by molar-refractivity contribution is 5.76. The van der Waals surface area contributed by atoms with Crippen molar-refractivity contribution in [1.29, 1.82) is 0 Å². The molecule has 1 saturated carbocycles. The summed E-state index contributed by atoms with van der Waals surface area (Å²) in [6.07, 6.45) is 6.39. The van der Waals surface area contributed by atoms with Crippen LogP contribution < -0.4 is 0 Å². The van der Waals surface area contributed by atoms with E-state index in [9.17, 15) is 4.79 Å². The van der Waals surface area contributed by atoms with Crippen LogP contribution in [0.4, 0.5) is 4.79 Å². The summed E-state index contributed by atoms with van der Waals surface area (Å²) in [5.74, 6) is 0.913. The molecule has 3 nitrogen and oxygen atoms in total. The molecule has 0 aromatic rings. The quantitative estimate of drug-likeness (QED) is 0.723. The van der Waals surface area contributed by atoms with Gasteiger partial charge in [-0.3, -0.25) is 0 Å². The summed E-state index contributed by atoms with van der Waals surface area (Å²) in [5.41, 5.74) is 0. The molecule has 1 aliphatic heterocycles. The van der Waals surface area contributed by atoms with Crippen molar-refractivity contribution >= 4 is 6.03 Å². The van der Waals surface area contributed by atoms with Gasteiger partial charge in [-0.15, -0.1) is 0 Å². The van der Waals surface area contributed by atoms with Gasteiger partial charge in [0.1, 0.15) is 0 Å². The maximum Gasteiger partial charge on any atom is 0.320 e. The summed E-state index contributed by atoms with van der Waals surface area (Å²) >= 11 is 0. The lowest BCUT2D eigenvalue weighted by molar-refractivity contribution is 0.152. The summed E-state index contributed by atoms with van der Waals surface area (Å²) in [7, 11) is 0. The molecule has 0 radical (unpaired) electrons. The lowest BCUT2D eigenvalue weighted by Gasteiger charge is -2.34. The number of nitrogens with zero attached hydrogens (tertiary/aromatic N) is 2. The Morgan fingerprint density at radius 1 is 1.12 bits per heavy atom. The molecule has 2 aliphatic rings. The lowest BCUT2D eigenvalue weighted by Crippen LogP contribution is -2.41. The molecule has 92 valence electrons. The van der Waals surface area contributed by atoms with Crippen LogP contribution >= 0.6 is 0 Å². The van der Waals surface area contributed by atoms with Crippen molar-refractivity contribution in [2.24, 2.45) is 5.92 Å². The smallest absolute Gasteiger partial charge is 0.320 e. The molecule has 0 atom stereocenters. The molecular formula is C13H24N2O. The minimum atomic E-state index is 0.280. The summed E-state index contributed by atoms with van der Waals surface area (Å²) in [6.45, 7) is 7.09. The van der Waals surface area contributed by atoms with Crippen molar-refractivity contribution in [2.75, 3.05) is 19.6 Å². The average Bonchev–Trinajstić information content (AvgIpc) is 2.70. The van der Waals surface area contributed by atoms with E-state index in [2.05, 4.69) is 18.7 Å². The van der Waals surface area contributed by atoms with Gasteiger partial charge in [0, 0.05) is 25.7 Å². The van der Waals surface area contributed by atoms with Crippen LogP contribution in [0.2, 0.25) is 0 Å². The molecule has 2 amide bonds. The van der Waals surface area contributed by atoms with E-state index in [0.717, 1.165) is 25.6 Å². The zero-order valence-electron chi connectivity index (χ0n) is 10.6. The van der Waals surface area contributed by atoms with Crippen LogP contribution in [-0.2, 0) is 0 Å². The first-order valence-corrected chi connectivity index (χ1v) is 6.81. The van der Waals surface area contributed by atoms with E-state index in [1.54, 1.807) is 0 Å². The lowest BCUT2D eigenvalue weighted by atomic mass is 9.84. The van der Waals surface area contributed by atoms with E-state index in [1.165, 1.54) is 32.1 Å². The number of carbonyl (C=O) groups is 1. The highest BCUT2D eigenvalue weighted by atomic mass is 16.2. The second-order valence-electron chi connectivity index (χ2n) is 5.14. The largest absolute Gasteiger partial charge is 0.323 e. The fraction of sp³-hybridized carbons (Fsp3) is 0.923. The monoisotopic (exact) mass is 224 g/mol. The van der Waals surface area contributed by atoms with Gasteiger partial charge in [-0.2, -0.15) is 0 Å². The first-order chi connectivity index (χ1) is 7.76. The van der Waals surface area contributed by atoms with Gasteiger partial charge >= 0.3 is 6.03 Å². The van der Waals surface area contributed by atoms with Crippen molar-refractivity contribution in [3.8, 4) is 0 Å². The highest BCUT2D eigenvalue weighted by Crippen LogP contribution is 2.30. The Bertz CT molecular complexity index is 246. The first kappa shape index (κ1) is 11.7. The maximum absolute atomic E-state index is 12.0. The van der Waals surface area contributed by atoms with Crippen molar-refractivity contribution < 1.29 is 4.79 Å². The molecule has 0 aromatic carbocycles. The second kappa shape index (κ2) is 5.07. The van der Waals surface area contributed by atoms with Gasteiger partial charge in [0.2, 0.25) is 0 Å². The Labute approximate surface area is 98.8 Å². The number of rotatable bonds is 3. The first-order valence-electron chi connectivity index (χ1n) is 6.81. The normalized spacial score (nSPS) is 31.2. The predicted molar refractivity (Wildman–Crippen MR) is 65.4 cm³/mol. The Morgan fingerprint density at radius 3 is 2.31 bits per heavy atom. The number of amides is 2. The summed E-state index contributed by atoms with van der Waals surface area (Å²) in [4.78, 5) is 16.1. The third-order valence-electron chi connectivity index (χ3n) is 4.34. The van der Waals surface area contributed by atoms with Crippen LogP contribution in [0.25, 0.3) is 0 Å². The average molecular weight is 224 g/mol. The molecule has 3 heteroatoms. The van der Waals surface area contributed by atoms with Crippen LogP contribution in [-0.4, -0.2) is 41.5 Å². The van der Waals surface area contributed by atoms with E-state index < -0.39 is 0 Å². The van der Waals surface area contributed by atoms with E-state index in [0.29, 0.717) is 6.04 Å². The molecule has 0 N–H and O–H groups in total. The minimum absolute atomic E-state index is 0.280. The summed E-state index contributed by atoms with van der Waals surface area (Å²) in [6, 6.07) is 0.814. The number of urea groups is 1. The van der Waals surface area contributed by atoms with Gasteiger partial charge in [0.15, 0.2) is 0 Å². The number of hydrogen-bond acceptors (Lipinski definition) is 1. The molecule has 1 aliphatic carbocycles. The molecular weight excluding hydrogens is 200 g/mol. The summed E-state index contributed by atoms with van der Waals surface area (Å²) in [5, 5.41) is 0. The maximum atomic E-state index is 12.0. The standard InChI is InChI=1S/C13H24N2O/c1-3-11-5-7-12(8-6-11)15-10-9-14(4-2)13(15)16/h11-12H,3-10H2,1-2H3. The SMILES string of the molecule is CCC1CCC(N2CCN(CC)C2=O)CC1. The van der Waals surface area contributed by atoms with Crippen LogP contribution in [0.1, 0.15) is 46.0 Å². The second-order valence-corrected chi connectivity index (χ2v) is 5.14. The van der Waals surface area contributed by atoms with Crippen LogP contribution in [0.15, 0.2) is 0 Å². The molecule has 1 saturated heterocycles. The summed E-state index contributed by atoms with van der Waals surface area (Å²) < 4.78 is 0. The zero-order chi connectivity index (χ0) is 11.5. The molecule has 1 heterocycles. The third-order valence-corrected chi connectivity index (χ3v) is 4.34. The van der Waals surface area contributed by atoms with Gasteiger partial charge in [-0.05, 0) is 38.5 Å². The fourth-order valence-electron chi connectivity index (χ4n) is 3.10. The van der Waals surface area contributed by atoms with Gasteiger partial charge in [0.05, 0.1) is 0 Å². The number of carbonyl (C=O) groups excluding carboxylic acids is 1. The molecule has 16 heavy (non-hydrogen) atoms. The topological polar surface area (TPSA) is 23.6 Å². The van der Waals surface area contributed by atoms with Gasteiger partial charge in [-0.25, -0.2) is 4.79 Å². The Balaban J connectivity index is 1.88. The molecule has 0 spiro atoms. The predicted octanol–water partition coefficient (Wildman–Crippen LogP) is 2.71. The third kappa shape index (κ3) is 2.18.